The molecule has 1 aliphatic rings. The molecular formula is C23H26N2O5. The number of carbonyl (C=O) groups excluding carboxylic acids is 2. The number of nitro benzene ring substituents is 1. The third-order valence-corrected chi connectivity index (χ3v) is 5.90. The van der Waals surface area contributed by atoms with Gasteiger partial charge in [0, 0.05) is 24.6 Å². The van der Waals surface area contributed by atoms with Gasteiger partial charge in [0.05, 0.1) is 16.5 Å². The lowest BCUT2D eigenvalue weighted by Gasteiger charge is -2.23. The highest BCUT2D eigenvalue weighted by Gasteiger charge is 2.37. The van der Waals surface area contributed by atoms with E-state index in [4.69, 9.17) is 4.74 Å². The standard InChI is InChI=1S/C23H26N2O5/c1-5-23(3,4)17-7-10-19(11-8-17)30-22(27)16-12-21(26)24(14-16)18-9-6-15(2)20(13-18)25(28)29/h6-11,13,16H,5,12,14H2,1-4H3/t16-/m0/s1. The molecule has 1 atom stereocenters. The molecule has 0 spiro atoms. The summed E-state index contributed by atoms with van der Waals surface area (Å²) in [6.07, 6.45) is 1.00. The Labute approximate surface area is 175 Å². The summed E-state index contributed by atoms with van der Waals surface area (Å²) in [6, 6.07) is 12.1. The fourth-order valence-electron chi connectivity index (χ4n) is 3.46. The lowest BCUT2D eigenvalue weighted by Crippen LogP contribution is -2.27. The van der Waals surface area contributed by atoms with Crippen LogP contribution in [0.2, 0.25) is 0 Å². The average molecular weight is 410 g/mol. The molecule has 1 aliphatic heterocycles. The number of hydrogen-bond acceptors (Lipinski definition) is 5. The number of rotatable bonds is 6. The van der Waals surface area contributed by atoms with E-state index in [1.807, 2.05) is 12.1 Å². The summed E-state index contributed by atoms with van der Waals surface area (Å²) in [6.45, 7) is 8.21. The zero-order valence-corrected chi connectivity index (χ0v) is 17.7. The van der Waals surface area contributed by atoms with Crippen molar-refractivity contribution in [1.82, 2.24) is 0 Å². The second-order valence-corrected chi connectivity index (χ2v) is 8.32. The molecular weight excluding hydrogens is 384 g/mol. The van der Waals surface area contributed by atoms with Crippen molar-refractivity contribution < 1.29 is 19.2 Å². The van der Waals surface area contributed by atoms with Crippen LogP contribution in [-0.2, 0) is 15.0 Å². The molecule has 1 saturated heterocycles. The van der Waals surface area contributed by atoms with Crippen molar-refractivity contribution in [2.75, 3.05) is 11.4 Å². The van der Waals surface area contributed by atoms with Gasteiger partial charge < -0.3 is 9.64 Å². The Kier molecular flexibility index (Phi) is 5.92. The number of nitro groups is 1. The Morgan fingerprint density at radius 3 is 2.50 bits per heavy atom. The predicted octanol–water partition coefficient (Wildman–Crippen LogP) is 4.55. The summed E-state index contributed by atoms with van der Waals surface area (Å²) >= 11 is 0. The van der Waals surface area contributed by atoms with E-state index in [9.17, 15) is 19.7 Å². The van der Waals surface area contributed by atoms with Gasteiger partial charge in [0.2, 0.25) is 5.91 Å². The maximum atomic E-state index is 12.6. The average Bonchev–Trinajstić information content (AvgIpc) is 3.10. The van der Waals surface area contributed by atoms with E-state index in [1.165, 1.54) is 11.0 Å². The Balaban J connectivity index is 1.70. The highest BCUT2D eigenvalue weighted by atomic mass is 16.6. The van der Waals surface area contributed by atoms with E-state index >= 15 is 0 Å². The number of anilines is 1. The number of benzene rings is 2. The first-order valence-electron chi connectivity index (χ1n) is 10.00. The lowest BCUT2D eigenvalue weighted by atomic mass is 9.82. The Morgan fingerprint density at radius 1 is 1.23 bits per heavy atom. The van der Waals surface area contributed by atoms with Crippen LogP contribution in [0.4, 0.5) is 11.4 Å². The first-order chi connectivity index (χ1) is 14.1. The van der Waals surface area contributed by atoms with Gasteiger partial charge in [0.15, 0.2) is 0 Å². The minimum Gasteiger partial charge on any atom is -0.426 e. The van der Waals surface area contributed by atoms with Crippen LogP contribution >= 0.6 is 0 Å². The maximum Gasteiger partial charge on any atom is 0.316 e. The summed E-state index contributed by atoms with van der Waals surface area (Å²) in [5, 5.41) is 11.2. The largest absolute Gasteiger partial charge is 0.426 e. The topological polar surface area (TPSA) is 89.8 Å². The van der Waals surface area contributed by atoms with Crippen molar-refractivity contribution in [2.24, 2.45) is 5.92 Å². The number of carbonyl (C=O) groups is 2. The molecule has 30 heavy (non-hydrogen) atoms. The van der Waals surface area contributed by atoms with Crippen molar-refractivity contribution in [3.05, 3.63) is 63.7 Å². The number of amides is 1. The minimum atomic E-state index is -0.621. The predicted molar refractivity (Wildman–Crippen MR) is 114 cm³/mol. The Bertz CT molecular complexity index is 982. The van der Waals surface area contributed by atoms with E-state index in [1.54, 1.807) is 31.2 Å². The van der Waals surface area contributed by atoms with Crippen LogP contribution in [0, 0.1) is 23.0 Å². The minimum absolute atomic E-state index is 0.0153. The lowest BCUT2D eigenvalue weighted by molar-refractivity contribution is -0.385. The van der Waals surface area contributed by atoms with Crippen LogP contribution in [0.3, 0.4) is 0 Å². The van der Waals surface area contributed by atoms with Gasteiger partial charge in [-0.15, -0.1) is 0 Å². The van der Waals surface area contributed by atoms with Gasteiger partial charge in [0.1, 0.15) is 5.75 Å². The molecule has 158 valence electrons. The molecule has 1 amide bonds. The van der Waals surface area contributed by atoms with Crippen LogP contribution in [0.1, 0.15) is 44.7 Å². The maximum absolute atomic E-state index is 12.6. The van der Waals surface area contributed by atoms with Crippen molar-refractivity contribution in [3.8, 4) is 5.75 Å². The van der Waals surface area contributed by atoms with Gasteiger partial charge in [-0.1, -0.05) is 39.0 Å². The van der Waals surface area contributed by atoms with Crippen LogP contribution in [0.25, 0.3) is 0 Å². The highest BCUT2D eigenvalue weighted by Crippen LogP contribution is 2.31. The second kappa shape index (κ2) is 8.26. The molecule has 2 aromatic carbocycles. The van der Waals surface area contributed by atoms with Gasteiger partial charge in [-0.25, -0.2) is 0 Å². The van der Waals surface area contributed by atoms with Gasteiger partial charge in [-0.3, -0.25) is 19.7 Å². The zero-order chi connectivity index (χ0) is 22.1. The van der Waals surface area contributed by atoms with Crippen molar-refractivity contribution >= 4 is 23.3 Å². The number of ether oxygens (including phenoxy) is 1. The summed E-state index contributed by atoms with van der Waals surface area (Å²) in [5.74, 6) is -0.915. The summed E-state index contributed by atoms with van der Waals surface area (Å²) in [7, 11) is 0. The van der Waals surface area contributed by atoms with Crippen molar-refractivity contribution in [3.63, 3.8) is 0 Å². The molecule has 0 bridgehead atoms. The quantitative estimate of drug-likeness (QED) is 0.302. The molecule has 7 nitrogen and oxygen atoms in total. The molecule has 7 heteroatoms. The van der Waals surface area contributed by atoms with Crippen LogP contribution in [0.15, 0.2) is 42.5 Å². The van der Waals surface area contributed by atoms with Gasteiger partial charge in [-0.05, 0) is 42.5 Å². The molecule has 0 aliphatic carbocycles. The fraction of sp³-hybridized carbons (Fsp3) is 0.391. The fourth-order valence-corrected chi connectivity index (χ4v) is 3.46. The summed E-state index contributed by atoms with van der Waals surface area (Å²) in [4.78, 5) is 37.1. The first-order valence-corrected chi connectivity index (χ1v) is 10.00. The van der Waals surface area contributed by atoms with Crippen LogP contribution in [0.5, 0.6) is 5.75 Å². The number of aryl methyl sites for hydroxylation is 1. The van der Waals surface area contributed by atoms with E-state index in [-0.39, 0.29) is 30.0 Å². The zero-order valence-electron chi connectivity index (χ0n) is 17.7. The summed E-state index contributed by atoms with van der Waals surface area (Å²) in [5.41, 5.74) is 2.08. The van der Waals surface area contributed by atoms with E-state index in [0.717, 1.165) is 12.0 Å². The molecule has 0 N–H and O–H groups in total. The molecule has 0 radical (unpaired) electrons. The number of nitrogens with zero attached hydrogens (tertiary/aromatic N) is 2. The molecule has 1 heterocycles. The molecule has 0 aromatic heterocycles. The van der Waals surface area contributed by atoms with Gasteiger partial charge in [-0.2, -0.15) is 0 Å². The third-order valence-electron chi connectivity index (χ3n) is 5.90. The first kappa shape index (κ1) is 21.5. The van der Waals surface area contributed by atoms with Gasteiger partial charge in [0.25, 0.3) is 5.69 Å². The van der Waals surface area contributed by atoms with E-state index in [0.29, 0.717) is 17.0 Å². The SMILES string of the molecule is CCC(C)(C)c1ccc(OC(=O)[C@H]2CC(=O)N(c3ccc(C)c([N+](=O)[O-])c3)C2)cc1. The number of esters is 1. The van der Waals surface area contributed by atoms with Crippen LogP contribution in [-0.4, -0.2) is 23.3 Å². The Morgan fingerprint density at radius 2 is 1.90 bits per heavy atom. The smallest absolute Gasteiger partial charge is 0.316 e. The summed E-state index contributed by atoms with van der Waals surface area (Å²) < 4.78 is 5.49. The molecule has 0 unspecified atom stereocenters. The number of hydrogen-bond donors (Lipinski definition) is 0. The van der Waals surface area contributed by atoms with E-state index < -0.39 is 16.8 Å². The molecule has 2 aromatic rings. The Hall–Kier alpha value is -3.22. The molecule has 1 fully saturated rings. The van der Waals surface area contributed by atoms with Gasteiger partial charge >= 0.3 is 5.97 Å². The molecule has 3 rings (SSSR count). The van der Waals surface area contributed by atoms with E-state index in [2.05, 4.69) is 20.8 Å². The normalized spacial score (nSPS) is 16.6. The second-order valence-electron chi connectivity index (χ2n) is 8.32. The van der Waals surface area contributed by atoms with Crippen molar-refractivity contribution in [2.45, 2.75) is 46.0 Å². The monoisotopic (exact) mass is 410 g/mol. The van der Waals surface area contributed by atoms with Crippen molar-refractivity contribution in [1.29, 1.82) is 0 Å². The third kappa shape index (κ3) is 4.35. The molecule has 0 saturated carbocycles. The highest BCUT2D eigenvalue weighted by molar-refractivity contribution is 6.00. The van der Waals surface area contributed by atoms with Crippen LogP contribution < -0.4 is 9.64 Å².